The maximum absolute atomic E-state index is 10.5. The van der Waals surface area contributed by atoms with Crippen LogP contribution in [0.15, 0.2) is 17.8 Å². The zero-order valence-electron chi connectivity index (χ0n) is 14.0. The highest BCUT2D eigenvalue weighted by Crippen LogP contribution is 2.34. The van der Waals surface area contributed by atoms with Gasteiger partial charge in [-0.15, -0.1) is 0 Å². The van der Waals surface area contributed by atoms with Crippen molar-refractivity contribution in [1.82, 2.24) is 19.5 Å². The molecule has 0 bridgehead atoms. The lowest BCUT2D eigenvalue weighted by molar-refractivity contribution is -0.0488. The van der Waals surface area contributed by atoms with Crippen molar-refractivity contribution in [1.29, 1.82) is 0 Å². The standard InChI is InChI=1S/C15H20N8O3/c16-22-21-10-9(5-24)26-15(12(10)25)23-7-19-11-13(17-6-18-14(11)23)20-8-3-1-2-4-8/h6-10,12,15,24-25H,1-5H2,(H,17,18,20)/t9-,10?,12-,15-/m1/s1. The summed E-state index contributed by atoms with van der Waals surface area (Å²) in [5, 5.41) is 26.9. The van der Waals surface area contributed by atoms with Crippen LogP contribution >= 0.6 is 0 Å². The van der Waals surface area contributed by atoms with E-state index in [-0.39, 0.29) is 6.61 Å². The van der Waals surface area contributed by atoms with Crippen LogP contribution < -0.4 is 5.32 Å². The predicted molar refractivity (Wildman–Crippen MR) is 91.1 cm³/mol. The van der Waals surface area contributed by atoms with E-state index in [1.165, 1.54) is 25.5 Å². The zero-order valence-corrected chi connectivity index (χ0v) is 14.0. The quantitative estimate of drug-likeness (QED) is 0.410. The number of aromatic nitrogens is 4. The SMILES string of the molecule is [N-]=[N+]=NC1[C@@H](O)[C@H](n2cnc3c(NC4CCCC4)ncnc32)O[C@@H]1CO. The Morgan fingerprint density at radius 1 is 1.35 bits per heavy atom. The van der Waals surface area contributed by atoms with Gasteiger partial charge in [0.2, 0.25) is 0 Å². The molecular formula is C15H20N8O3. The highest BCUT2D eigenvalue weighted by Gasteiger charge is 2.44. The average Bonchev–Trinajstić information content (AvgIpc) is 3.36. The largest absolute Gasteiger partial charge is 0.394 e. The average molecular weight is 360 g/mol. The molecule has 2 aliphatic rings. The molecule has 11 nitrogen and oxygen atoms in total. The van der Waals surface area contributed by atoms with Crippen LogP contribution in [0.3, 0.4) is 0 Å². The van der Waals surface area contributed by atoms with Crippen molar-refractivity contribution < 1.29 is 14.9 Å². The molecule has 1 aliphatic carbocycles. The van der Waals surface area contributed by atoms with Crippen LogP contribution in [0.4, 0.5) is 5.82 Å². The third-order valence-electron chi connectivity index (χ3n) is 5.03. The molecule has 26 heavy (non-hydrogen) atoms. The number of aliphatic hydroxyl groups is 2. The van der Waals surface area contributed by atoms with Crippen molar-refractivity contribution in [3.8, 4) is 0 Å². The van der Waals surface area contributed by atoms with Crippen LogP contribution in [0.2, 0.25) is 0 Å². The molecule has 1 aliphatic heterocycles. The number of aliphatic hydroxyl groups excluding tert-OH is 2. The van der Waals surface area contributed by atoms with E-state index in [2.05, 4.69) is 30.3 Å². The van der Waals surface area contributed by atoms with E-state index < -0.39 is 24.5 Å². The lowest BCUT2D eigenvalue weighted by Gasteiger charge is -2.17. The minimum atomic E-state index is -1.12. The topological polar surface area (TPSA) is 154 Å². The Bertz CT molecular complexity index is 829. The molecule has 2 fully saturated rings. The second-order valence-electron chi connectivity index (χ2n) is 6.61. The molecule has 4 rings (SSSR count). The number of nitrogens with one attached hydrogen (secondary N) is 1. The van der Waals surface area contributed by atoms with Crippen molar-refractivity contribution in [2.24, 2.45) is 5.11 Å². The van der Waals surface area contributed by atoms with Crippen molar-refractivity contribution in [3.63, 3.8) is 0 Å². The molecule has 138 valence electrons. The molecular weight excluding hydrogens is 340 g/mol. The van der Waals surface area contributed by atoms with Gasteiger partial charge in [0, 0.05) is 11.0 Å². The van der Waals surface area contributed by atoms with Crippen molar-refractivity contribution in [2.75, 3.05) is 11.9 Å². The first-order valence-corrected chi connectivity index (χ1v) is 8.65. The second kappa shape index (κ2) is 7.04. The van der Waals surface area contributed by atoms with E-state index in [0.717, 1.165) is 12.8 Å². The summed E-state index contributed by atoms with van der Waals surface area (Å²) >= 11 is 0. The van der Waals surface area contributed by atoms with Gasteiger partial charge in [0.1, 0.15) is 12.4 Å². The predicted octanol–water partition coefficient (Wildman–Crippen LogP) is 1.11. The Morgan fingerprint density at radius 2 is 2.15 bits per heavy atom. The summed E-state index contributed by atoms with van der Waals surface area (Å²) < 4.78 is 7.27. The highest BCUT2D eigenvalue weighted by molar-refractivity contribution is 5.82. The van der Waals surface area contributed by atoms with Gasteiger partial charge >= 0.3 is 0 Å². The number of hydrogen-bond acceptors (Lipinski definition) is 8. The van der Waals surface area contributed by atoms with Crippen LogP contribution in [-0.2, 0) is 4.74 Å². The van der Waals surface area contributed by atoms with Gasteiger partial charge in [0.25, 0.3) is 0 Å². The van der Waals surface area contributed by atoms with Gasteiger partial charge in [0.15, 0.2) is 23.2 Å². The molecule has 2 aromatic heterocycles. The maximum Gasteiger partial charge on any atom is 0.167 e. The summed E-state index contributed by atoms with van der Waals surface area (Å²) in [6.07, 6.45) is 4.78. The smallest absolute Gasteiger partial charge is 0.167 e. The second-order valence-corrected chi connectivity index (χ2v) is 6.61. The minimum absolute atomic E-state index is 0.368. The van der Waals surface area contributed by atoms with Crippen LogP contribution in [-0.4, -0.2) is 60.6 Å². The van der Waals surface area contributed by atoms with Gasteiger partial charge < -0.3 is 20.3 Å². The van der Waals surface area contributed by atoms with Gasteiger partial charge in [-0.3, -0.25) is 4.57 Å². The first-order valence-electron chi connectivity index (χ1n) is 8.65. The van der Waals surface area contributed by atoms with Crippen molar-refractivity contribution in [3.05, 3.63) is 23.1 Å². The van der Waals surface area contributed by atoms with Gasteiger partial charge in [-0.1, -0.05) is 18.0 Å². The van der Waals surface area contributed by atoms with E-state index in [1.807, 2.05) is 0 Å². The zero-order chi connectivity index (χ0) is 18.1. The molecule has 2 aromatic rings. The number of imidazole rings is 1. The number of anilines is 1. The van der Waals surface area contributed by atoms with Crippen LogP contribution in [0.5, 0.6) is 0 Å². The first-order chi connectivity index (χ1) is 12.7. The highest BCUT2D eigenvalue weighted by atomic mass is 16.5. The molecule has 0 amide bonds. The molecule has 1 unspecified atom stereocenters. The van der Waals surface area contributed by atoms with Crippen molar-refractivity contribution in [2.45, 2.75) is 56.2 Å². The minimum Gasteiger partial charge on any atom is -0.394 e. The van der Waals surface area contributed by atoms with E-state index in [0.29, 0.717) is 23.0 Å². The number of azide groups is 1. The molecule has 0 spiro atoms. The molecule has 1 saturated carbocycles. The fourth-order valence-corrected chi connectivity index (χ4v) is 3.72. The van der Waals surface area contributed by atoms with Gasteiger partial charge in [0.05, 0.1) is 25.1 Å². The molecule has 4 atom stereocenters. The monoisotopic (exact) mass is 360 g/mol. The Labute approximate surface area is 148 Å². The number of ether oxygens (including phenoxy) is 1. The van der Waals surface area contributed by atoms with Gasteiger partial charge in [-0.2, -0.15) is 0 Å². The summed E-state index contributed by atoms with van der Waals surface area (Å²) in [5.41, 5.74) is 9.77. The molecule has 11 heteroatoms. The lowest BCUT2D eigenvalue weighted by Crippen LogP contribution is -2.31. The summed E-state index contributed by atoms with van der Waals surface area (Å²) in [5.74, 6) is 0.651. The molecule has 3 N–H and O–H groups in total. The van der Waals surface area contributed by atoms with Crippen LogP contribution in [0.25, 0.3) is 21.6 Å². The summed E-state index contributed by atoms with van der Waals surface area (Å²) in [6.45, 7) is -0.368. The van der Waals surface area contributed by atoms with E-state index in [1.54, 1.807) is 4.57 Å². The summed E-state index contributed by atoms with van der Waals surface area (Å²) in [6, 6.07) is -0.509. The Hall–Kier alpha value is -2.46. The molecule has 3 heterocycles. The third-order valence-corrected chi connectivity index (χ3v) is 5.03. The van der Waals surface area contributed by atoms with Crippen LogP contribution in [0, 0.1) is 0 Å². The van der Waals surface area contributed by atoms with Gasteiger partial charge in [-0.05, 0) is 18.4 Å². The lowest BCUT2D eigenvalue weighted by atomic mass is 10.1. The first kappa shape index (κ1) is 17.0. The van der Waals surface area contributed by atoms with E-state index in [9.17, 15) is 10.2 Å². The van der Waals surface area contributed by atoms with E-state index in [4.69, 9.17) is 10.3 Å². The molecule has 0 radical (unpaired) electrons. The number of rotatable bonds is 5. The number of hydrogen-bond donors (Lipinski definition) is 3. The Kier molecular flexibility index (Phi) is 4.60. The van der Waals surface area contributed by atoms with Crippen molar-refractivity contribution >= 4 is 17.0 Å². The maximum atomic E-state index is 10.5. The van der Waals surface area contributed by atoms with E-state index >= 15 is 0 Å². The molecule has 1 saturated heterocycles. The Morgan fingerprint density at radius 3 is 2.88 bits per heavy atom. The normalized spacial score (nSPS) is 29.2. The number of nitrogens with zero attached hydrogens (tertiary/aromatic N) is 7. The third kappa shape index (κ3) is 2.84. The summed E-state index contributed by atoms with van der Waals surface area (Å²) in [7, 11) is 0. The molecule has 0 aromatic carbocycles. The van der Waals surface area contributed by atoms with Crippen LogP contribution in [0.1, 0.15) is 31.9 Å². The summed E-state index contributed by atoms with van der Waals surface area (Å²) in [4.78, 5) is 15.7. The Balaban J connectivity index is 1.66. The number of fused-ring (bicyclic) bond motifs is 1. The fraction of sp³-hybridized carbons (Fsp3) is 0.667. The fourth-order valence-electron chi connectivity index (χ4n) is 3.72. The van der Waals surface area contributed by atoms with Gasteiger partial charge in [-0.25, -0.2) is 15.0 Å².